The van der Waals surface area contributed by atoms with Crippen molar-refractivity contribution in [1.29, 1.82) is 0 Å². The van der Waals surface area contributed by atoms with Crippen molar-refractivity contribution in [2.45, 2.75) is 7.43 Å². The summed E-state index contributed by atoms with van der Waals surface area (Å²) < 4.78 is 0. The Bertz CT molecular complexity index is 11.6. The van der Waals surface area contributed by atoms with Gasteiger partial charge in [-0.25, -0.2) is 0 Å². The number of hydrogen-bond acceptors (Lipinski definition) is 0. The normalized spacial score (nSPS) is 2.00. The molecule has 5 heavy (non-hydrogen) atoms. The third kappa shape index (κ3) is 26.3. The van der Waals surface area contributed by atoms with Crippen molar-refractivity contribution in [2.24, 2.45) is 0 Å². The van der Waals surface area contributed by atoms with Gasteiger partial charge < -0.3 is 0 Å². The average Bonchev–Trinajstić information content (AvgIpc) is 1.00. The van der Waals surface area contributed by atoms with Gasteiger partial charge in [0.2, 0.25) is 0 Å². The zero-order valence-corrected chi connectivity index (χ0v) is 7.55. The van der Waals surface area contributed by atoms with Crippen molar-refractivity contribution in [3.63, 3.8) is 0 Å². The molecule has 0 saturated carbocycles. The van der Waals surface area contributed by atoms with E-state index >= 15 is 0 Å². The van der Waals surface area contributed by atoms with Crippen LogP contribution in [0, 0.1) is 0 Å². The van der Waals surface area contributed by atoms with Crippen LogP contribution >= 0.6 is 0 Å². The first-order valence-electron chi connectivity index (χ1n) is 0.316. The second-order valence-corrected chi connectivity index (χ2v) is 0. The Balaban J connectivity index is -0.00000000167. The summed E-state index contributed by atoms with van der Waals surface area (Å²) in [5, 5.41) is 0. The Labute approximate surface area is 65.3 Å². The Morgan fingerprint density at radius 2 is 1.20 bits per heavy atom. The van der Waals surface area contributed by atoms with Crippen molar-refractivity contribution >= 4 is 8.94 Å². The van der Waals surface area contributed by atoms with Crippen LogP contribution in [0.25, 0.3) is 0 Å². The molecule has 0 rings (SSSR count). The van der Waals surface area contributed by atoms with Crippen molar-refractivity contribution in [3.8, 4) is 0 Å². The van der Waals surface area contributed by atoms with Crippen LogP contribution in [0.1, 0.15) is 7.43 Å². The molecule has 1 radical (unpaired) electrons. The maximum absolute atomic E-state index is 4.01. The summed E-state index contributed by atoms with van der Waals surface area (Å²) in [6, 6.07) is 0. The third-order valence-corrected chi connectivity index (χ3v) is 0. The van der Waals surface area contributed by atoms with Crippen molar-refractivity contribution < 1.29 is 49.3 Å². The van der Waals surface area contributed by atoms with Gasteiger partial charge >= 0.3 is 23.8 Å². The first kappa shape index (κ1) is 29.4. The van der Waals surface area contributed by atoms with Gasteiger partial charge in [0, 0.05) is 34.4 Å². The molecule has 4 heteroatoms. The molecule has 0 aliphatic heterocycles. The van der Waals surface area contributed by atoms with E-state index in [1.165, 1.54) is 0 Å². The summed E-state index contributed by atoms with van der Waals surface area (Å²) in [4.78, 5) is 0. The molecule has 0 heterocycles. The molecule has 0 aromatic heterocycles. The SMILES string of the molecule is C.[Cr].[Mn].[SiH3][Ni]. The van der Waals surface area contributed by atoms with E-state index < -0.39 is 0 Å². The fourth-order valence-electron chi connectivity index (χ4n) is 0. The van der Waals surface area contributed by atoms with Crippen LogP contribution in [0.4, 0.5) is 0 Å². The van der Waals surface area contributed by atoms with E-state index in [-0.39, 0.29) is 41.9 Å². The zero-order valence-electron chi connectivity index (χ0n) is 2.10. The van der Waals surface area contributed by atoms with E-state index in [1.807, 2.05) is 0 Å². The van der Waals surface area contributed by atoms with E-state index in [9.17, 15) is 0 Å². The molecule has 0 N–H and O–H groups in total. The monoisotopic (exact) mass is 212 g/mol. The molecule has 38 valence electrons. The molecule has 0 amide bonds. The molecule has 0 nitrogen and oxygen atoms in total. The molecule has 0 aliphatic rings. The van der Waals surface area contributed by atoms with E-state index in [0.717, 1.165) is 8.94 Å². The summed E-state index contributed by atoms with van der Waals surface area (Å²) >= 11 is 4.01. The Kier molecular flexibility index (Phi) is 248. The fourth-order valence-corrected chi connectivity index (χ4v) is 0. The summed E-state index contributed by atoms with van der Waals surface area (Å²) in [6.45, 7) is 0. The Hall–Kier alpha value is 1.76. The van der Waals surface area contributed by atoms with Crippen molar-refractivity contribution in [3.05, 3.63) is 0 Å². The molecule has 0 aromatic carbocycles. The van der Waals surface area contributed by atoms with Gasteiger partial charge in [0.15, 0.2) is 0 Å². The predicted molar refractivity (Wildman–Crippen MR) is 16.7 cm³/mol. The molecule has 0 saturated heterocycles. The van der Waals surface area contributed by atoms with E-state index in [1.54, 1.807) is 0 Å². The van der Waals surface area contributed by atoms with E-state index in [4.69, 9.17) is 0 Å². The molecule has 0 fully saturated rings. The van der Waals surface area contributed by atoms with Crippen LogP contribution in [0.3, 0.4) is 0 Å². The minimum absolute atomic E-state index is 0. The first-order chi connectivity index (χ1) is 1.00. The summed E-state index contributed by atoms with van der Waals surface area (Å²) in [5.41, 5.74) is 0. The van der Waals surface area contributed by atoms with Gasteiger partial charge in [-0.15, -0.1) is 0 Å². The van der Waals surface area contributed by atoms with Crippen LogP contribution in [-0.2, 0) is 49.3 Å². The Morgan fingerprint density at radius 1 is 1.20 bits per heavy atom. The summed E-state index contributed by atoms with van der Waals surface area (Å²) in [5.74, 6) is 0. The summed E-state index contributed by atoms with van der Waals surface area (Å²) in [6.07, 6.45) is 0. The first-order valence-corrected chi connectivity index (χ1v) is 3.91. The van der Waals surface area contributed by atoms with Gasteiger partial charge in [0.05, 0.1) is 0 Å². The maximum atomic E-state index is 4.01. The number of rotatable bonds is 0. The Morgan fingerprint density at radius 3 is 1.20 bits per heavy atom. The predicted octanol–water partition coefficient (Wildman–Crippen LogP) is -0.555. The molecule has 0 unspecified atom stereocenters. The van der Waals surface area contributed by atoms with Gasteiger partial charge in [-0.2, -0.15) is 0 Å². The van der Waals surface area contributed by atoms with Gasteiger partial charge in [-0.1, -0.05) is 7.43 Å². The van der Waals surface area contributed by atoms with Crippen LogP contribution in [-0.4, -0.2) is 8.94 Å². The molecular weight excluding hydrogens is 206 g/mol. The van der Waals surface area contributed by atoms with E-state index in [0.29, 0.717) is 0 Å². The van der Waals surface area contributed by atoms with Gasteiger partial charge in [-0.3, -0.25) is 0 Å². The van der Waals surface area contributed by atoms with Crippen LogP contribution < -0.4 is 0 Å². The van der Waals surface area contributed by atoms with Gasteiger partial charge in [-0.05, 0) is 0 Å². The topological polar surface area (TPSA) is 0 Å². The second-order valence-electron chi connectivity index (χ2n) is 0. The fraction of sp³-hybridized carbons (Fsp3) is 1.00. The molecule has 0 spiro atoms. The molecular formula is CH7CrMnNiSi. The summed E-state index contributed by atoms with van der Waals surface area (Å²) in [7, 11) is 0.931. The minimum atomic E-state index is 0. The average molecular weight is 213 g/mol. The zero-order chi connectivity index (χ0) is 2.00. The third-order valence-electron chi connectivity index (χ3n) is 0. The van der Waals surface area contributed by atoms with Crippen LogP contribution in [0.2, 0.25) is 0 Å². The van der Waals surface area contributed by atoms with Crippen LogP contribution in [0.5, 0.6) is 0 Å². The van der Waals surface area contributed by atoms with Crippen molar-refractivity contribution in [1.82, 2.24) is 0 Å². The molecule has 0 aliphatic carbocycles. The van der Waals surface area contributed by atoms with Crippen molar-refractivity contribution in [2.75, 3.05) is 0 Å². The molecule has 0 bridgehead atoms. The molecule has 0 aromatic rings. The number of hydrogen-bond donors (Lipinski definition) is 0. The quantitative estimate of drug-likeness (QED) is 0.473. The second kappa shape index (κ2) is 42.1. The standard InChI is InChI=1S/CH4.Cr.Mn.Ni.H3Si/h1H4;;;;1H3. The van der Waals surface area contributed by atoms with E-state index in [2.05, 4.69) is 14.8 Å². The van der Waals surface area contributed by atoms with Gasteiger partial charge in [0.1, 0.15) is 0 Å². The van der Waals surface area contributed by atoms with Crippen LogP contribution in [0.15, 0.2) is 0 Å². The molecule has 0 atom stereocenters. The van der Waals surface area contributed by atoms with Gasteiger partial charge in [0.25, 0.3) is 0 Å².